The van der Waals surface area contributed by atoms with Gasteiger partial charge in [-0.15, -0.1) is 0 Å². The zero-order chi connectivity index (χ0) is 21.7. The molecule has 3 rings (SSSR count). The van der Waals surface area contributed by atoms with Gasteiger partial charge < -0.3 is 4.74 Å². The van der Waals surface area contributed by atoms with Crippen molar-refractivity contribution in [1.29, 1.82) is 0 Å². The summed E-state index contributed by atoms with van der Waals surface area (Å²) < 4.78 is 8.99. The van der Waals surface area contributed by atoms with Gasteiger partial charge in [0.05, 0.1) is 13.4 Å². The Balaban J connectivity index is 1.64. The summed E-state index contributed by atoms with van der Waals surface area (Å²) >= 11 is 14.0. The maximum atomic E-state index is 12.2. The fraction of sp³-hybridized carbons (Fsp3) is 0.0909. The Kier molecular flexibility index (Phi) is 8.55. The number of aryl methyl sites for hydroxylation is 1. The van der Waals surface area contributed by atoms with E-state index in [2.05, 4.69) is 71.6 Å². The molecule has 0 heterocycles. The predicted octanol–water partition coefficient (Wildman–Crippen LogP) is 6.96. The van der Waals surface area contributed by atoms with E-state index in [0.717, 1.165) is 34.1 Å². The van der Waals surface area contributed by atoms with Crippen molar-refractivity contribution in [2.75, 3.05) is 0 Å². The number of rotatable bonds is 6. The molecule has 0 aliphatic heterocycles. The van der Waals surface area contributed by atoms with E-state index in [0.29, 0.717) is 17.2 Å². The van der Waals surface area contributed by atoms with Gasteiger partial charge in [-0.05, 0) is 105 Å². The Morgan fingerprint density at radius 3 is 2.43 bits per heavy atom. The Hall–Kier alpha value is -1.17. The third-order valence-electron chi connectivity index (χ3n) is 4.13. The highest BCUT2D eigenvalue weighted by Gasteiger charge is 2.10. The molecule has 4 nitrogen and oxygen atoms in total. The van der Waals surface area contributed by atoms with Crippen molar-refractivity contribution in [3.05, 3.63) is 93.5 Å². The lowest BCUT2D eigenvalue weighted by atomic mass is 10.1. The summed E-state index contributed by atoms with van der Waals surface area (Å²) in [6.07, 6.45) is 1.61. The molecule has 154 valence electrons. The lowest BCUT2D eigenvalue weighted by Gasteiger charge is -2.11. The number of carbonyl (C=O) groups excluding carboxylic acids is 1. The van der Waals surface area contributed by atoms with Crippen LogP contribution in [0.25, 0.3) is 0 Å². The molecule has 0 aliphatic rings. The monoisotopic (exact) mass is 708 g/mol. The van der Waals surface area contributed by atoms with Gasteiger partial charge in [-0.3, -0.25) is 4.79 Å². The average Bonchev–Trinajstić information content (AvgIpc) is 2.70. The molecule has 1 amide bonds. The second kappa shape index (κ2) is 10.9. The van der Waals surface area contributed by atoms with Crippen LogP contribution in [-0.2, 0) is 6.61 Å². The molecule has 0 atom stereocenters. The lowest BCUT2D eigenvalue weighted by molar-refractivity contribution is 0.0955. The Morgan fingerprint density at radius 1 is 1.13 bits per heavy atom. The van der Waals surface area contributed by atoms with Crippen LogP contribution in [0.2, 0.25) is 5.02 Å². The van der Waals surface area contributed by atoms with Crippen molar-refractivity contribution in [3.8, 4) is 5.75 Å². The molecule has 3 aromatic rings. The molecule has 0 saturated heterocycles. The molecule has 0 spiro atoms. The summed E-state index contributed by atoms with van der Waals surface area (Å²) in [6.45, 7) is 2.37. The molecular weight excluding hydrogens is 693 g/mol. The molecule has 0 bridgehead atoms. The number of benzene rings is 3. The number of nitrogens with one attached hydrogen (secondary N) is 1. The molecule has 30 heavy (non-hydrogen) atoms. The zero-order valence-electron chi connectivity index (χ0n) is 15.8. The van der Waals surface area contributed by atoms with E-state index in [4.69, 9.17) is 16.3 Å². The van der Waals surface area contributed by atoms with Crippen molar-refractivity contribution in [3.63, 3.8) is 0 Å². The van der Waals surface area contributed by atoms with Crippen LogP contribution in [0.3, 0.4) is 0 Å². The van der Waals surface area contributed by atoms with Crippen LogP contribution in [-0.4, -0.2) is 12.1 Å². The number of halogens is 4. The van der Waals surface area contributed by atoms with Gasteiger partial charge in [0.2, 0.25) is 0 Å². The van der Waals surface area contributed by atoms with E-state index in [1.54, 1.807) is 24.4 Å². The normalized spacial score (nSPS) is 11.0. The average molecular weight is 710 g/mol. The van der Waals surface area contributed by atoms with Gasteiger partial charge >= 0.3 is 0 Å². The molecule has 0 saturated carbocycles. The van der Waals surface area contributed by atoms with Gasteiger partial charge in [0.25, 0.3) is 5.91 Å². The zero-order valence-corrected chi connectivity index (χ0v) is 22.4. The van der Waals surface area contributed by atoms with Crippen LogP contribution in [0.4, 0.5) is 0 Å². The first-order chi connectivity index (χ1) is 14.3. The van der Waals surface area contributed by atoms with Crippen molar-refractivity contribution < 1.29 is 9.53 Å². The first-order valence-electron chi connectivity index (χ1n) is 8.79. The fourth-order valence-corrected chi connectivity index (χ4v) is 5.06. The maximum absolute atomic E-state index is 12.2. The number of carbonyl (C=O) groups is 1. The van der Waals surface area contributed by atoms with E-state index in [-0.39, 0.29) is 5.91 Å². The standard InChI is InChI=1S/C22H16BrClI2N2O2/c1-13-2-5-16(10-18(13)24)22(29)28-27-11-15-8-19(25)21(20(26)9-15)30-12-14-3-6-17(23)7-4-14/h2-11H,12H2,1H3,(H,28,29)/b27-11-. The van der Waals surface area contributed by atoms with E-state index in [1.807, 2.05) is 43.3 Å². The first-order valence-corrected chi connectivity index (χ1v) is 12.1. The highest BCUT2D eigenvalue weighted by molar-refractivity contribution is 14.1. The van der Waals surface area contributed by atoms with Gasteiger partial charge in [-0.2, -0.15) is 5.10 Å². The second-order valence-corrected chi connectivity index (χ2v) is 10.0. The molecule has 8 heteroatoms. The van der Waals surface area contributed by atoms with Gasteiger partial charge in [0, 0.05) is 15.1 Å². The van der Waals surface area contributed by atoms with Crippen molar-refractivity contribution >= 4 is 84.8 Å². The number of amides is 1. The Morgan fingerprint density at radius 2 is 1.80 bits per heavy atom. The largest absolute Gasteiger partial charge is 0.487 e. The van der Waals surface area contributed by atoms with Crippen LogP contribution < -0.4 is 10.2 Å². The quantitative estimate of drug-likeness (QED) is 0.171. The minimum Gasteiger partial charge on any atom is -0.487 e. The highest BCUT2D eigenvalue weighted by Crippen LogP contribution is 2.29. The number of hydrogen-bond acceptors (Lipinski definition) is 3. The number of hydrazone groups is 1. The van der Waals surface area contributed by atoms with E-state index >= 15 is 0 Å². The van der Waals surface area contributed by atoms with Crippen LogP contribution >= 0.6 is 72.7 Å². The second-order valence-electron chi connectivity index (χ2n) is 6.39. The summed E-state index contributed by atoms with van der Waals surface area (Å²) in [4.78, 5) is 12.2. The van der Waals surface area contributed by atoms with Crippen molar-refractivity contribution in [2.45, 2.75) is 13.5 Å². The highest BCUT2D eigenvalue weighted by atomic mass is 127. The molecule has 0 fully saturated rings. The molecule has 3 aromatic carbocycles. The van der Waals surface area contributed by atoms with Crippen LogP contribution in [0.5, 0.6) is 5.75 Å². The van der Waals surface area contributed by atoms with Crippen LogP contribution in [0.1, 0.15) is 27.0 Å². The summed E-state index contributed by atoms with van der Waals surface area (Å²) in [5.41, 5.74) is 5.87. The van der Waals surface area contributed by atoms with Gasteiger partial charge in [0.15, 0.2) is 0 Å². The Bertz CT molecular complexity index is 1080. The maximum Gasteiger partial charge on any atom is 0.271 e. The van der Waals surface area contributed by atoms with Crippen LogP contribution in [0, 0.1) is 14.1 Å². The third kappa shape index (κ3) is 6.41. The summed E-state index contributed by atoms with van der Waals surface area (Å²) in [5, 5.41) is 4.61. The minimum atomic E-state index is -0.313. The molecule has 1 N–H and O–H groups in total. The lowest BCUT2D eigenvalue weighted by Crippen LogP contribution is -2.17. The fourth-order valence-electron chi connectivity index (χ4n) is 2.49. The summed E-state index contributed by atoms with van der Waals surface area (Å²) in [7, 11) is 0. The van der Waals surface area contributed by atoms with Gasteiger partial charge in [-0.25, -0.2) is 5.43 Å². The van der Waals surface area contributed by atoms with Crippen LogP contribution in [0.15, 0.2) is 64.2 Å². The molecule has 0 aliphatic carbocycles. The molecule has 0 unspecified atom stereocenters. The first kappa shape index (κ1) is 23.5. The van der Waals surface area contributed by atoms with Crippen molar-refractivity contribution in [2.24, 2.45) is 5.10 Å². The molecule has 0 aromatic heterocycles. The molecule has 0 radical (unpaired) electrons. The minimum absolute atomic E-state index is 0.313. The topological polar surface area (TPSA) is 50.7 Å². The predicted molar refractivity (Wildman–Crippen MR) is 142 cm³/mol. The third-order valence-corrected chi connectivity index (χ3v) is 6.67. The van der Waals surface area contributed by atoms with Gasteiger partial charge in [-0.1, -0.05) is 45.7 Å². The molecular formula is C22H16BrClI2N2O2. The smallest absolute Gasteiger partial charge is 0.271 e. The summed E-state index contributed by atoms with van der Waals surface area (Å²) in [5.74, 6) is 0.515. The van der Waals surface area contributed by atoms with E-state index in [1.165, 1.54) is 0 Å². The Labute approximate surface area is 215 Å². The van der Waals surface area contributed by atoms with E-state index < -0.39 is 0 Å². The SMILES string of the molecule is Cc1ccc(C(=O)N/N=C\c2cc(I)c(OCc3ccc(Br)cc3)c(I)c2)cc1Cl. The summed E-state index contributed by atoms with van der Waals surface area (Å²) in [6, 6.07) is 17.1. The van der Waals surface area contributed by atoms with Gasteiger partial charge in [0.1, 0.15) is 12.4 Å². The number of ether oxygens (including phenoxy) is 1. The number of nitrogens with zero attached hydrogens (tertiary/aromatic N) is 1. The number of hydrogen-bond donors (Lipinski definition) is 1. The van der Waals surface area contributed by atoms with E-state index in [9.17, 15) is 4.79 Å². The van der Waals surface area contributed by atoms with Crippen molar-refractivity contribution in [1.82, 2.24) is 5.43 Å².